The van der Waals surface area contributed by atoms with Crippen molar-refractivity contribution < 1.29 is 13.6 Å². The Morgan fingerprint density at radius 2 is 1.91 bits per heavy atom. The maximum atomic E-state index is 15.0. The fraction of sp³-hybridized carbons (Fsp3) is 0.600. The molecule has 0 bridgehead atoms. The highest BCUT2D eigenvalue weighted by molar-refractivity contribution is 5.93. The molecule has 0 spiro atoms. The Hall–Kier alpha value is -2.28. The van der Waals surface area contributed by atoms with Crippen molar-refractivity contribution in [1.29, 1.82) is 0 Å². The first-order valence-corrected chi connectivity index (χ1v) is 11.7. The van der Waals surface area contributed by atoms with E-state index >= 15 is 8.78 Å². The quantitative estimate of drug-likeness (QED) is 0.750. The van der Waals surface area contributed by atoms with Gasteiger partial charge >= 0.3 is 0 Å². The zero-order valence-electron chi connectivity index (χ0n) is 19.2. The number of rotatable bonds is 5. The van der Waals surface area contributed by atoms with Gasteiger partial charge in [0.05, 0.1) is 12.1 Å². The first kappa shape index (κ1) is 22.9. The lowest BCUT2D eigenvalue weighted by Gasteiger charge is -2.45. The number of likely N-dealkylation sites (tertiary alicyclic amines) is 1. The van der Waals surface area contributed by atoms with E-state index in [9.17, 15) is 4.79 Å². The molecule has 2 atom stereocenters. The van der Waals surface area contributed by atoms with Gasteiger partial charge in [-0.2, -0.15) is 0 Å². The Morgan fingerprint density at radius 1 is 1.19 bits per heavy atom. The van der Waals surface area contributed by atoms with E-state index in [1.165, 1.54) is 0 Å². The summed E-state index contributed by atoms with van der Waals surface area (Å²) in [5.41, 5.74) is 8.43. The standard InChI is InChI=1S/C25H34F2N4O/c1-16(2)30-11-8-18(9-12-30)22(24(28)32)19-13-25(26,27)15-31(14-19)21-7-6-17(3)23-20(21)5-4-10-29-23/h4-7,10,16,18-19,22H,8-9,11-15H2,1-3H3,(H2,28,32)/t19-,22?/m1/s1. The molecule has 3 heterocycles. The van der Waals surface area contributed by atoms with Crippen LogP contribution in [0.3, 0.4) is 0 Å². The normalized spacial score (nSPS) is 23.6. The predicted octanol–water partition coefficient (Wildman–Crippen LogP) is 4.23. The highest BCUT2D eigenvalue weighted by Gasteiger charge is 2.47. The summed E-state index contributed by atoms with van der Waals surface area (Å²) >= 11 is 0. The Kier molecular flexibility index (Phi) is 6.39. The molecule has 1 aromatic carbocycles. The summed E-state index contributed by atoms with van der Waals surface area (Å²) in [4.78, 5) is 21.1. The topological polar surface area (TPSA) is 62.5 Å². The number of pyridine rings is 1. The number of nitrogens with two attached hydrogens (primary N) is 1. The molecule has 0 saturated carbocycles. The number of carbonyl (C=O) groups is 1. The molecule has 2 aliphatic rings. The monoisotopic (exact) mass is 444 g/mol. The summed E-state index contributed by atoms with van der Waals surface area (Å²) < 4.78 is 30.0. The van der Waals surface area contributed by atoms with Crippen molar-refractivity contribution in [2.45, 2.75) is 52.0 Å². The average Bonchev–Trinajstić information content (AvgIpc) is 2.73. The van der Waals surface area contributed by atoms with Crippen LogP contribution in [0, 0.1) is 24.7 Å². The van der Waals surface area contributed by atoms with Crippen LogP contribution in [-0.4, -0.2) is 53.9 Å². The van der Waals surface area contributed by atoms with Gasteiger partial charge in [-0.3, -0.25) is 9.78 Å². The second kappa shape index (κ2) is 8.93. The van der Waals surface area contributed by atoms with Crippen molar-refractivity contribution in [1.82, 2.24) is 9.88 Å². The predicted molar refractivity (Wildman–Crippen MR) is 124 cm³/mol. The van der Waals surface area contributed by atoms with Gasteiger partial charge in [0.2, 0.25) is 5.91 Å². The molecule has 1 aromatic heterocycles. The van der Waals surface area contributed by atoms with Crippen molar-refractivity contribution in [2.75, 3.05) is 31.1 Å². The molecule has 7 heteroatoms. The van der Waals surface area contributed by atoms with Gasteiger partial charge in [-0.25, -0.2) is 8.78 Å². The summed E-state index contributed by atoms with van der Waals surface area (Å²) in [6.45, 7) is 8.10. The molecule has 2 N–H and O–H groups in total. The molecular formula is C25H34F2N4O. The Bertz CT molecular complexity index is 972. The van der Waals surface area contributed by atoms with Crippen molar-refractivity contribution >= 4 is 22.5 Å². The van der Waals surface area contributed by atoms with Gasteiger partial charge in [0.15, 0.2) is 0 Å². The molecule has 0 radical (unpaired) electrons. The number of piperidine rings is 2. The second-order valence-corrected chi connectivity index (χ2v) is 9.90. The number of primary amides is 1. The molecule has 0 aliphatic carbocycles. The minimum absolute atomic E-state index is 0.0553. The first-order chi connectivity index (χ1) is 15.2. The van der Waals surface area contributed by atoms with Crippen LogP contribution in [0.4, 0.5) is 14.5 Å². The minimum Gasteiger partial charge on any atom is -0.369 e. The van der Waals surface area contributed by atoms with Gasteiger partial charge in [-0.1, -0.05) is 6.07 Å². The summed E-state index contributed by atoms with van der Waals surface area (Å²) in [6, 6.07) is 8.04. The number of alkyl halides is 2. The molecule has 2 fully saturated rings. The fourth-order valence-corrected chi connectivity index (χ4v) is 5.78. The van der Waals surface area contributed by atoms with Crippen LogP contribution < -0.4 is 10.6 Å². The van der Waals surface area contributed by atoms with Gasteiger partial charge in [0.25, 0.3) is 5.92 Å². The lowest BCUT2D eigenvalue weighted by molar-refractivity contribution is -0.129. The van der Waals surface area contributed by atoms with Gasteiger partial charge in [-0.15, -0.1) is 0 Å². The smallest absolute Gasteiger partial charge is 0.265 e. The van der Waals surface area contributed by atoms with E-state index in [0.717, 1.165) is 48.1 Å². The lowest BCUT2D eigenvalue weighted by atomic mass is 9.72. The van der Waals surface area contributed by atoms with E-state index in [1.807, 2.05) is 31.2 Å². The van der Waals surface area contributed by atoms with Gasteiger partial charge in [0.1, 0.15) is 0 Å². The fourth-order valence-electron chi connectivity index (χ4n) is 5.78. The molecular weight excluding hydrogens is 410 g/mol. The third kappa shape index (κ3) is 4.58. The summed E-state index contributed by atoms with van der Waals surface area (Å²) in [5.74, 6) is -4.27. The molecule has 5 nitrogen and oxygen atoms in total. The number of nitrogens with zero attached hydrogens (tertiary/aromatic N) is 3. The second-order valence-electron chi connectivity index (χ2n) is 9.90. The number of carbonyl (C=O) groups excluding carboxylic acids is 1. The molecule has 2 saturated heterocycles. The van der Waals surface area contributed by atoms with Crippen LogP contribution in [0.15, 0.2) is 30.5 Å². The number of fused-ring (bicyclic) bond motifs is 1. The summed E-state index contributed by atoms with van der Waals surface area (Å²) in [5, 5.41) is 0.866. The van der Waals surface area contributed by atoms with Crippen molar-refractivity contribution in [2.24, 2.45) is 23.5 Å². The van der Waals surface area contributed by atoms with Crippen molar-refractivity contribution in [3.8, 4) is 0 Å². The molecule has 174 valence electrons. The highest BCUT2D eigenvalue weighted by Crippen LogP contribution is 2.42. The van der Waals surface area contributed by atoms with Crippen LogP contribution in [0.2, 0.25) is 0 Å². The van der Waals surface area contributed by atoms with Crippen molar-refractivity contribution in [3.05, 3.63) is 36.0 Å². The van der Waals surface area contributed by atoms with Crippen LogP contribution in [0.1, 0.15) is 38.7 Å². The third-order valence-electron chi connectivity index (χ3n) is 7.38. The number of aromatic nitrogens is 1. The average molecular weight is 445 g/mol. The number of aryl methyl sites for hydroxylation is 1. The van der Waals surface area contributed by atoms with E-state index in [1.54, 1.807) is 11.1 Å². The molecule has 2 aromatic rings. The number of hydrogen-bond acceptors (Lipinski definition) is 4. The van der Waals surface area contributed by atoms with Crippen LogP contribution in [0.25, 0.3) is 10.9 Å². The Balaban J connectivity index is 1.62. The van der Waals surface area contributed by atoms with E-state index < -0.39 is 23.7 Å². The zero-order valence-corrected chi connectivity index (χ0v) is 19.2. The summed E-state index contributed by atoms with van der Waals surface area (Å²) in [6.07, 6.45) is 3.08. The maximum absolute atomic E-state index is 15.0. The van der Waals surface area contributed by atoms with E-state index in [0.29, 0.717) is 12.6 Å². The zero-order chi connectivity index (χ0) is 23.0. The van der Waals surface area contributed by atoms with Crippen LogP contribution >= 0.6 is 0 Å². The van der Waals surface area contributed by atoms with Gasteiger partial charge in [-0.05, 0) is 82.3 Å². The molecule has 32 heavy (non-hydrogen) atoms. The van der Waals surface area contributed by atoms with Gasteiger partial charge in [0, 0.05) is 42.2 Å². The number of halogens is 2. The molecule has 1 amide bonds. The lowest BCUT2D eigenvalue weighted by Crippen LogP contribution is -2.53. The Morgan fingerprint density at radius 3 is 2.56 bits per heavy atom. The largest absolute Gasteiger partial charge is 0.369 e. The van der Waals surface area contributed by atoms with E-state index in [2.05, 4.69) is 23.7 Å². The first-order valence-electron chi connectivity index (χ1n) is 11.7. The molecule has 2 aliphatic heterocycles. The minimum atomic E-state index is -2.88. The van der Waals surface area contributed by atoms with Crippen LogP contribution in [0.5, 0.6) is 0 Å². The van der Waals surface area contributed by atoms with E-state index in [-0.39, 0.29) is 18.9 Å². The number of benzene rings is 1. The third-order valence-corrected chi connectivity index (χ3v) is 7.38. The Labute approximate surface area is 189 Å². The molecule has 1 unspecified atom stereocenters. The SMILES string of the molecule is Cc1ccc(N2C[C@H](C(C(N)=O)C3CCN(C(C)C)CC3)CC(F)(F)C2)c2cccnc12. The van der Waals surface area contributed by atoms with Crippen LogP contribution in [-0.2, 0) is 4.79 Å². The number of anilines is 1. The maximum Gasteiger partial charge on any atom is 0.265 e. The van der Waals surface area contributed by atoms with Crippen molar-refractivity contribution in [3.63, 3.8) is 0 Å². The van der Waals surface area contributed by atoms with E-state index in [4.69, 9.17) is 5.73 Å². The van der Waals surface area contributed by atoms with Gasteiger partial charge < -0.3 is 15.5 Å². The highest BCUT2D eigenvalue weighted by atomic mass is 19.3. The number of amides is 1. The summed E-state index contributed by atoms with van der Waals surface area (Å²) in [7, 11) is 0. The molecule has 4 rings (SSSR count). The number of hydrogen-bond donors (Lipinski definition) is 1.